The minimum atomic E-state index is 0.583. The van der Waals surface area contributed by atoms with E-state index in [1.165, 1.54) is 25.7 Å². The van der Waals surface area contributed by atoms with E-state index in [2.05, 4.69) is 45.5 Å². The predicted molar refractivity (Wildman–Crippen MR) is 79.7 cm³/mol. The molecule has 5 heteroatoms. The molecule has 1 fully saturated rings. The highest BCUT2D eigenvalue weighted by Crippen LogP contribution is 2.19. The topological polar surface area (TPSA) is 53.1 Å². The van der Waals surface area contributed by atoms with Gasteiger partial charge in [0.25, 0.3) is 0 Å². The van der Waals surface area contributed by atoms with E-state index >= 15 is 0 Å². The van der Waals surface area contributed by atoms with Crippen LogP contribution < -0.4 is 15.5 Å². The first-order chi connectivity index (χ1) is 9.31. The van der Waals surface area contributed by atoms with Gasteiger partial charge in [0.05, 0.1) is 0 Å². The monoisotopic (exact) mass is 263 g/mol. The summed E-state index contributed by atoms with van der Waals surface area (Å²) in [5.41, 5.74) is 0. The fraction of sp³-hybridized carbons (Fsp3) is 0.714. The molecule has 2 rings (SSSR count). The average molecular weight is 263 g/mol. The third-order valence-corrected chi connectivity index (χ3v) is 3.71. The Morgan fingerprint density at radius 2 is 2.16 bits per heavy atom. The van der Waals surface area contributed by atoms with Crippen LogP contribution in [0.5, 0.6) is 0 Å². The number of unbranched alkanes of at least 4 members (excludes halogenated alkanes) is 1. The fourth-order valence-electron chi connectivity index (χ4n) is 2.41. The molecule has 1 aromatic heterocycles. The van der Waals surface area contributed by atoms with Gasteiger partial charge in [0.15, 0.2) is 0 Å². The number of nitrogens with one attached hydrogen (secondary N) is 2. The second-order valence-electron chi connectivity index (χ2n) is 5.13. The molecule has 0 spiro atoms. The van der Waals surface area contributed by atoms with Crippen LogP contribution in [-0.2, 0) is 0 Å². The van der Waals surface area contributed by atoms with Crippen LogP contribution >= 0.6 is 0 Å². The summed E-state index contributed by atoms with van der Waals surface area (Å²) >= 11 is 0. The van der Waals surface area contributed by atoms with Gasteiger partial charge in [-0.3, -0.25) is 0 Å². The molecule has 19 heavy (non-hydrogen) atoms. The van der Waals surface area contributed by atoms with Crippen LogP contribution in [0.25, 0.3) is 0 Å². The molecule has 0 unspecified atom stereocenters. The summed E-state index contributed by atoms with van der Waals surface area (Å²) in [6, 6.07) is 2.64. The second-order valence-corrected chi connectivity index (χ2v) is 5.13. The first kappa shape index (κ1) is 14.1. The summed E-state index contributed by atoms with van der Waals surface area (Å²) in [6.45, 7) is 5.37. The molecule has 1 aromatic rings. The molecule has 106 valence electrons. The van der Waals surface area contributed by atoms with Gasteiger partial charge in [0.1, 0.15) is 18.0 Å². The molecular formula is C14H25N5. The number of hydrogen-bond donors (Lipinski definition) is 2. The molecule has 0 radical (unpaired) electrons. The van der Waals surface area contributed by atoms with E-state index in [0.717, 1.165) is 31.3 Å². The summed E-state index contributed by atoms with van der Waals surface area (Å²) in [6.07, 6.45) is 6.38. The van der Waals surface area contributed by atoms with Crippen LogP contribution in [0.1, 0.15) is 32.6 Å². The zero-order valence-corrected chi connectivity index (χ0v) is 12.0. The average Bonchev–Trinajstić information content (AvgIpc) is 2.48. The maximum atomic E-state index is 4.40. The SMILES string of the molecule is CCCCNc1cc(N(C)C2CCNCC2)ncn1. The molecule has 5 nitrogen and oxygen atoms in total. The van der Waals surface area contributed by atoms with E-state index in [1.807, 2.05) is 0 Å². The van der Waals surface area contributed by atoms with E-state index < -0.39 is 0 Å². The van der Waals surface area contributed by atoms with Crippen LogP contribution in [0, 0.1) is 0 Å². The number of hydrogen-bond acceptors (Lipinski definition) is 5. The van der Waals surface area contributed by atoms with E-state index in [9.17, 15) is 0 Å². The fourth-order valence-corrected chi connectivity index (χ4v) is 2.41. The summed E-state index contributed by atoms with van der Waals surface area (Å²) < 4.78 is 0. The molecule has 1 aliphatic rings. The van der Waals surface area contributed by atoms with Crippen molar-refractivity contribution in [3.8, 4) is 0 Å². The third-order valence-electron chi connectivity index (χ3n) is 3.71. The first-order valence-electron chi connectivity index (χ1n) is 7.30. The van der Waals surface area contributed by atoms with Gasteiger partial charge in [-0.1, -0.05) is 13.3 Å². The van der Waals surface area contributed by atoms with E-state index in [0.29, 0.717) is 6.04 Å². The Kier molecular flexibility index (Phi) is 5.39. The molecule has 1 aliphatic heterocycles. The lowest BCUT2D eigenvalue weighted by Crippen LogP contribution is -2.41. The van der Waals surface area contributed by atoms with Gasteiger partial charge in [-0.15, -0.1) is 0 Å². The summed E-state index contributed by atoms with van der Waals surface area (Å²) in [5.74, 6) is 1.94. The van der Waals surface area contributed by atoms with Gasteiger partial charge in [-0.25, -0.2) is 9.97 Å². The Morgan fingerprint density at radius 1 is 1.37 bits per heavy atom. The van der Waals surface area contributed by atoms with E-state index in [-0.39, 0.29) is 0 Å². The van der Waals surface area contributed by atoms with Gasteiger partial charge in [-0.2, -0.15) is 0 Å². The minimum Gasteiger partial charge on any atom is -0.370 e. The zero-order valence-electron chi connectivity index (χ0n) is 12.0. The van der Waals surface area contributed by atoms with Gasteiger partial charge in [0.2, 0.25) is 0 Å². The van der Waals surface area contributed by atoms with Gasteiger partial charge in [-0.05, 0) is 32.4 Å². The van der Waals surface area contributed by atoms with Crippen molar-refractivity contribution >= 4 is 11.6 Å². The Bertz CT molecular complexity index is 376. The molecule has 0 aromatic carbocycles. The summed E-state index contributed by atoms with van der Waals surface area (Å²) in [4.78, 5) is 11.0. The number of aromatic nitrogens is 2. The lowest BCUT2D eigenvalue weighted by Gasteiger charge is -2.32. The molecule has 2 N–H and O–H groups in total. The van der Waals surface area contributed by atoms with Crippen LogP contribution in [-0.4, -0.2) is 42.7 Å². The van der Waals surface area contributed by atoms with Crippen molar-refractivity contribution in [1.29, 1.82) is 0 Å². The quantitative estimate of drug-likeness (QED) is 0.768. The third kappa shape index (κ3) is 4.06. The molecule has 0 amide bonds. The largest absolute Gasteiger partial charge is 0.370 e. The molecule has 0 aliphatic carbocycles. The number of anilines is 2. The molecule has 0 bridgehead atoms. The minimum absolute atomic E-state index is 0.583. The van der Waals surface area contributed by atoms with Crippen molar-refractivity contribution in [2.24, 2.45) is 0 Å². The van der Waals surface area contributed by atoms with Crippen molar-refractivity contribution in [1.82, 2.24) is 15.3 Å². The van der Waals surface area contributed by atoms with Crippen molar-refractivity contribution in [3.05, 3.63) is 12.4 Å². The van der Waals surface area contributed by atoms with Crippen molar-refractivity contribution in [2.45, 2.75) is 38.6 Å². The van der Waals surface area contributed by atoms with E-state index in [1.54, 1.807) is 6.33 Å². The molecular weight excluding hydrogens is 238 g/mol. The number of nitrogens with zero attached hydrogens (tertiary/aromatic N) is 3. The van der Waals surface area contributed by atoms with Crippen molar-refractivity contribution in [2.75, 3.05) is 36.9 Å². The Balaban J connectivity index is 1.96. The highest BCUT2D eigenvalue weighted by Gasteiger charge is 2.19. The van der Waals surface area contributed by atoms with Crippen LogP contribution in [0.15, 0.2) is 12.4 Å². The first-order valence-corrected chi connectivity index (χ1v) is 7.30. The Morgan fingerprint density at radius 3 is 2.89 bits per heavy atom. The molecule has 0 atom stereocenters. The Hall–Kier alpha value is -1.36. The summed E-state index contributed by atoms with van der Waals surface area (Å²) in [5, 5.41) is 6.75. The van der Waals surface area contributed by atoms with Crippen molar-refractivity contribution < 1.29 is 0 Å². The normalized spacial score (nSPS) is 16.3. The van der Waals surface area contributed by atoms with E-state index in [4.69, 9.17) is 0 Å². The maximum absolute atomic E-state index is 4.40. The predicted octanol–water partition coefficient (Wildman–Crippen LogP) is 1.88. The lowest BCUT2D eigenvalue weighted by atomic mass is 10.1. The molecule has 0 saturated carbocycles. The second kappa shape index (κ2) is 7.28. The Labute approximate surface area is 115 Å². The van der Waals surface area contributed by atoms with Gasteiger partial charge >= 0.3 is 0 Å². The summed E-state index contributed by atoms with van der Waals surface area (Å²) in [7, 11) is 2.13. The molecule has 1 saturated heterocycles. The number of rotatable bonds is 6. The zero-order chi connectivity index (χ0) is 13.5. The maximum Gasteiger partial charge on any atom is 0.134 e. The smallest absolute Gasteiger partial charge is 0.134 e. The lowest BCUT2D eigenvalue weighted by molar-refractivity contribution is 0.441. The van der Waals surface area contributed by atoms with Crippen LogP contribution in [0.2, 0.25) is 0 Å². The van der Waals surface area contributed by atoms with Crippen LogP contribution in [0.3, 0.4) is 0 Å². The standard InChI is InChI=1S/C14H25N5/c1-3-4-7-16-13-10-14(18-11-17-13)19(2)12-5-8-15-9-6-12/h10-12,15H,3-9H2,1-2H3,(H,16,17,18). The highest BCUT2D eigenvalue weighted by molar-refractivity contribution is 5.48. The molecule has 2 heterocycles. The van der Waals surface area contributed by atoms with Crippen molar-refractivity contribution in [3.63, 3.8) is 0 Å². The van der Waals surface area contributed by atoms with Crippen LogP contribution in [0.4, 0.5) is 11.6 Å². The van der Waals surface area contributed by atoms with Gasteiger partial charge in [0, 0.05) is 25.7 Å². The number of piperidine rings is 1. The highest BCUT2D eigenvalue weighted by atomic mass is 15.2. The van der Waals surface area contributed by atoms with Gasteiger partial charge < -0.3 is 15.5 Å².